The largest absolute Gasteiger partial charge is 0.300 e. The third kappa shape index (κ3) is 0.843. The molecule has 0 atom stereocenters. The van der Waals surface area contributed by atoms with Crippen molar-refractivity contribution < 1.29 is 0 Å². The quantitative estimate of drug-likeness (QED) is 0.734. The van der Waals surface area contributed by atoms with Crippen LogP contribution < -0.4 is 0 Å². The summed E-state index contributed by atoms with van der Waals surface area (Å²) < 4.78 is 2.96. The van der Waals surface area contributed by atoms with Crippen molar-refractivity contribution in [2.45, 2.75) is 38.1 Å². The maximum atomic E-state index is 5.22. The van der Waals surface area contributed by atoms with E-state index < -0.39 is 0 Å². The second-order valence-corrected chi connectivity index (χ2v) is 5.01. The molecule has 0 bridgehead atoms. The molecule has 0 spiro atoms. The van der Waals surface area contributed by atoms with Crippen LogP contribution in [0.25, 0.3) is 0 Å². The van der Waals surface area contributed by atoms with Crippen molar-refractivity contribution in [1.29, 1.82) is 0 Å². The highest BCUT2D eigenvalue weighted by molar-refractivity contribution is 7.71. The van der Waals surface area contributed by atoms with Gasteiger partial charge in [0.05, 0.1) is 5.54 Å². The monoisotopic (exact) mass is 195 g/mol. The highest BCUT2D eigenvalue weighted by atomic mass is 32.1. The number of rotatable bonds is 2. The van der Waals surface area contributed by atoms with Crippen LogP contribution in [0, 0.1) is 10.2 Å². The van der Waals surface area contributed by atoms with Crippen molar-refractivity contribution >= 4 is 12.2 Å². The van der Waals surface area contributed by atoms with E-state index in [0.29, 0.717) is 11.0 Å². The summed E-state index contributed by atoms with van der Waals surface area (Å²) in [7, 11) is 0. The lowest BCUT2D eigenvalue weighted by atomic mass is 9.96. The van der Waals surface area contributed by atoms with Gasteiger partial charge in [-0.25, -0.2) is 0 Å². The van der Waals surface area contributed by atoms with Crippen molar-refractivity contribution in [2.24, 2.45) is 5.41 Å². The molecule has 2 fully saturated rings. The molecular weight excluding hydrogens is 182 g/mol. The molecule has 1 N–H and O–H groups in total. The summed E-state index contributed by atoms with van der Waals surface area (Å²) in [6.45, 7) is 2.37. The maximum absolute atomic E-state index is 5.22. The Labute approximate surface area is 82.2 Å². The molecule has 2 aliphatic carbocycles. The van der Waals surface area contributed by atoms with Gasteiger partial charge < -0.3 is 0 Å². The van der Waals surface area contributed by atoms with Crippen LogP contribution in [0.1, 0.15) is 32.6 Å². The number of H-pyrrole nitrogens is 1. The fraction of sp³-hybridized carbons (Fsp3) is 0.778. The lowest BCUT2D eigenvalue weighted by molar-refractivity contribution is 0.299. The fourth-order valence-corrected chi connectivity index (χ4v) is 2.73. The van der Waals surface area contributed by atoms with Crippen molar-refractivity contribution in [1.82, 2.24) is 14.8 Å². The molecular formula is C9H13N3S. The topological polar surface area (TPSA) is 33.6 Å². The van der Waals surface area contributed by atoms with Gasteiger partial charge in [0.25, 0.3) is 0 Å². The number of nitrogens with zero attached hydrogens (tertiary/aromatic N) is 2. The van der Waals surface area contributed by atoms with Crippen molar-refractivity contribution in [3.05, 3.63) is 11.1 Å². The van der Waals surface area contributed by atoms with Gasteiger partial charge in [-0.1, -0.05) is 6.92 Å². The molecule has 3 rings (SSSR count). The molecule has 1 aromatic rings. The van der Waals surface area contributed by atoms with Crippen LogP contribution in [0.15, 0.2) is 6.33 Å². The van der Waals surface area contributed by atoms with E-state index in [9.17, 15) is 0 Å². The van der Waals surface area contributed by atoms with Gasteiger partial charge in [-0.05, 0) is 43.3 Å². The molecule has 0 aliphatic heterocycles. The lowest BCUT2D eigenvalue weighted by Gasteiger charge is -2.23. The van der Waals surface area contributed by atoms with Crippen LogP contribution in [0.4, 0.5) is 0 Å². The Morgan fingerprint density at radius 1 is 1.46 bits per heavy atom. The standard InChI is InChI=1S/C9H13N3S/c1-8(2-3-8)9(4-5-9)12-6-10-11-7(12)13/h6H,2-5H2,1H3,(H,11,13). The lowest BCUT2D eigenvalue weighted by Crippen LogP contribution is -2.26. The van der Waals surface area contributed by atoms with Crippen LogP contribution in [0.2, 0.25) is 0 Å². The van der Waals surface area contributed by atoms with Gasteiger partial charge in [0, 0.05) is 0 Å². The smallest absolute Gasteiger partial charge is 0.195 e. The molecule has 3 nitrogen and oxygen atoms in total. The van der Waals surface area contributed by atoms with Gasteiger partial charge in [0.15, 0.2) is 4.77 Å². The number of hydrogen-bond acceptors (Lipinski definition) is 2. The SMILES string of the molecule is CC1(C2(n3cn[nH]c3=S)CC2)CC1. The average molecular weight is 195 g/mol. The molecule has 0 saturated heterocycles. The van der Waals surface area contributed by atoms with Crippen molar-refractivity contribution in [3.8, 4) is 0 Å². The van der Waals surface area contributed by atoms with Crippen LogP contribution in [0.5, 0.6) is 0 Å². The molecule has 13 heavy (non-hydrogen) atoms. The van der Waals surface area contributed by atoms with Crippen LogP contribution in [0.3, 0.4) is 0 Å². The molecule has 0 unspecified atom stereocenters. The van der Waals surface area contributed by atoms with E-state index in [-0.39, 0.29) is 0 Å². The minimum absolute atomic E-state index is 0.330. The highest BCUT2D eigenvalue weighted by Gasteiger charge is 2.64. The predicted molar refractivity (Wildman–Crippen MR) is 52.0 cm³/mol. The summed E-state index contributed by atoms with van der Waals surface area (Å²) in [5.41, 5.74) is 0.839. The van der Waals surface area contributed by atoms with Gasteiger partial charge in [-0.15, -0.1) is 0 Å². The first-order valence-corrected chi connectivity index (χ1v) is 5.21. The van der Waals surface area contributed by atoms with E-state index in [1.807, 2.05) is 6.33 Å². The Morgan fingerprint density at radius 2 is 2.15 bits per heavy atom. The molecule has 0 aromatic carbocycles. The first-order chi connectivity index (χ1) is 6.18. The molecule has 2 saturated carbocycles. The van der Waals surface area contributed by atoms with Gasteiger partial charge in [-0.2, -0.15) is 5.10 Å². The molecule has 2 aliphatic rings. The minimum atomic E-state index is 0.330. The summed E-state index contributed by atoms with van der Waals surface area (Å²) in [6.07, 6.45) is 7.10. The minimum Gasteiger partial charge on any atom is -0.300 e. The number of aromatic nitrogens is 3. The summed E-state index contributed by atoms with van der Waals surface area (Å²) in [6, 6.07) is 0. The number of nitrogens with one attached hydrogen (secondary N) is 1. The third-order valence-corrected chi connectivity index (χ3v) is 4.15. The van der Waals surface area contributed by atoms with E-state index in [1.54, 1.807) is 0 Å². The molecule has 0 radical (unpaired) electrons. The zero-order valence-corrected chi connectivity index (χ0v) is 8.52. The zero-order chi connectivity index (χ0) is 9.10. The molecule has 4 heteroatoms. The Morgan fingerprint density at radius 3 is 2.54 bits per heavy atom. The van der Waals surface area contributed by atoms with E-state index in [0.717, 1.165) is 4.77 Å². The van der Waals surface area contributed by atoms with E-state index >= 15 is 0 Å². The number of hydrogen-bond donors (Lipinski definition) is 1. The molecule has 70 valence electrons. The van der Waals surface area contributed by atoms with Crippen molar-refractivity contribution in [3.63, 3.8) is 0 Å². The van der Waals surface area contributed by atoms with Crippen LogP contribution >= 0.6 is 12.2 Å². The Balaban J connectivity index is 2.10. The summed E-state index contributed by atoms with van der Waals surface area (Å²) in [5.74, 6) is 0. The zero-order valence-electron chi connectivity index (χ0n) is 7.71. The summed E-state index contributed by atoms with van der Waals surface area (Å²) in [4.78, 5) is 0. The second kappa shape index (κ2) is 2.05. The van der Waals surface area contributed by atoms with Gasteiger partial charge >= 0.3 is 0 Å². The summed E-state index contributed by atoms with van der Waals surface area (Å²) >= 11 is 5.22. The van der Waals surface area contributed by atoms with E-state index in [4.69, 9.17) is 12.2 Å². The normalized spacial score (nSPS) is 27.2. The first kappa shape index (κ1) is 7.74. The Kier molecular flexibility index (Phi) is 1.22. The Bertz CT molecular complexity index is 395. The maximum Gasteiger partial charge on any atom is 0.195 e. The van der Waals surface area contributed by atoms with Crippen LogP contribution in [-0.4, -0.2) is 14.8 Å². The fourth-order valence-electron chi connectivity index (χ4n) is 2.46. The third-order valence-electron chi connectivity index (χ3n) is 3.86. The van der Waals surface area contributed by atoms with Gasteiger partial charge in [0.1, 0.15) is 6.33 Å². The van der Waals surface area contributed by atoms with E-state index in [2.05, 4.69) is 21.7 Å². The molecule has 1 aromatic heterocycles. The van der Waals surface area contributed by atoms with E-state index in [1.165, 1.54) is 25.7 Å². The second-order valence-electron chi connectivity index (χ2n) is 4.62. The predicted octanol–water partition coefficient (Wildman–Crippen LogP) is 2.23. The highest BCUT2D eigenvalue weighted by Crippen LogP contribution is 2.68. The van der Waals surface area contributed by atoms with Gasteiger partial charge in [-0.3, -0.25) is 9.67 Å². The molecule has 1 heterocycles. The number of aromatic amines is 1. The average Bonchev–Trinajstić information content (AvgIpc) is 2.98. The first-order valence-electron chi connectivity index (χ1n) is 4.81. The summed E-state index contributed by atoms with van der Waals surface area (Å²) in [5, 5.41) is 6.85. The van der Waals surface area contributed by atoms with Crippen LogP contribution in [-0.2, 0) is 5.54 Å². The van der Waals surface area contributed by atoms with Gasteiger partial charge in [0.2, 0.25) is 0 Å². The molecule has 0 amide bonds. The van der Waals surface area contributed by atoms with Crippen molar-refractivity contribution in [2.75, 3.05) is 0 Å². The Hall–Kier alpha value is -0.640.